The molecule has 24 heavy (non-hydrogen) atoms. The fourth-order valence-corrected chi connectivity index (χ4v) is 2.51. The van der Waals surface area contributed by atoms with Crippen molar-refractivity contribution in [2.75, 3.05) is 5.32 Å². The van der Waals surface area contributed by atoms with Crippen molar-refractivity contribution in [3.63, 3.8) is 0 Å². The predicted octanol–water partition coefficient (Wildman–Crippen LogP) is 2.90. The number of nitrogens with zero attached hydrogens (tertiary/aromatic N) is 4. The van der Waals surface area contributed by atoms with Crippen LogP contribution >= 0.6 is 0 Å². The fraction of sp³-hybridized carbons (Fsp3) is 0.222. The Morgan fingerprint density at radius 2 is 1.88 bits per heavy atom. The number of benzene rings is 2. The van der Waals surface area contributed by atoms with Crippen LogP contribution in [-0.4, -0.2) is 26.1 Å². The number of tetrazole rings is 1. The van der Waals surface area contributed by atoms with Gasteiger partial charge >= 0.3 is 0 Å². The first-order chi connectivity index (χ1) is 11.5. The van der Waals surface area contributed by atoms with E-state index in [0.717, 1.165) is 27.9 Å². The lowest BCUT2D eigenvalue weighted by molar-refractivity contribution is -0.117. The molecular weight excluding hydrogens is 302 g/mol. The Bertz CT molecular complexity index is 885. The number of amides is 1. The number of hydrogen-bond acceptors (Lipinski definition) is 4. The molecule has 3 aromatic rings. The summed E-state index contributed by atoms with van der Waals surface area (Å²) in [6.07, 6.45) is 0. The van der Waals surface area contributed by atoms with Crippen molar-refractivity contribution in [3.05, 3.63) is 59.2 Å². The lowest BCUT2D eigenvalue weighted by Gasteiger charge is -2.08. The van der Waals surface area contributed by atoms with Gasteiger partial charge in [0.2, 0.25) is 11.7 Å². The van der Waals surface area contributed by atoms with Crippen molar-refractivity contribution < 1.29 is 4.79 Å². The van der Waals surface area contributed by atoms with E-state index in [4.69, 9.17) is 0 Å². The second-order valence-electron chi connectivity index (χ2n) is 5.82. The number of aromatic nitrogens is 4. The minimum atomic E-state index is -0.185. The van der Waals surface area contributed by atoms with Gasteiger partial charge in [0.15, 0.2) is 0 Å². The smallest absolute Gasteiger partial charge is 0.248 e. The van der Waals surface area contributed by atoms with Crippen LogP contribution in [0.1, 0.15) is 16.7 Å². The Hall–Kier alpha value is -3.02. The van der Waals surface area contributed by atoms with Crippen LogP contribution < -0.4 is 5.32 Å². The van der Waals surface area contributed by atoms with Gasteiger partial charge < -0.3 is 5.32 Å². The Morgan fingerprint density at radius 1 is 1.08 bits per heavy atom. The Morgan fingerprint density at radius 3 is 2.62 bits per heavy atom. The van der Waals surface area contributed by atoms with E-state index >= 15 is 0 Å². The zero-order valence-corrected chi connectivity index (χ0v) is 13.9. The number of nitrogens with one attached hydrogen (secondary N) is 1. The standard InChI is InChI=1S/C18H19N5O/c1-12-8-9-16(14(3)10-12)19-17(24)11-23-21-18(20-22-23)15-7-5-4-6-13(15)2/h4-10H,11H2,1-3H3,(H,19,24). The van der Waals surface area contributed by atoms with Gasteiger partial charge in [-0.2, -0.15) is 4.80 Å². The van der Waals surface area contributed by atoms with E-state index < -0.39 is 0 Å². The predicted molar refractivity (Wildman–Crippen MR) is 92.5 cm³/mol. The van der Waals surface area contributed by atoms with Gasteiger partial charge in [0.1, 0.15) is 6.54 Å². The van der Waals surface area contributed by atoms with Crippen molar-refractivity contribution in [1.29, 1.82) is 0 Å². The zero-order chi connectivity index (χ0) is 17.1. The molecule has 0 fully saturated rings. The average molecular weight is 321 g/mol. The summed E-state index contributed by atoms with van der Waals surface area (Å²) in [6.45, 7) is 5.99. The minimum absolute atomic E-state index is 0.0200. The monoisotopic (exact) mass is 321 g/mol. The van der Waals surface area contributed by atoms with Gasteiger partial charge in [0.25, 0.3) is 0 Å². The largest absolute Gasteiger partial charge is 0.324 e. The van der Waals surface area contributed by atoms with E-state index in [1.165, 1.54) is 4.80 Å². The number of hydrogen-bond donors (Lipinski definition) is 1. The van der Waals surface area contributed by atoms with E-state index in [-0.39, 0.29) is 12.5 Å². The normalized spacial score (nSPS) is 10.6. The van der Waals surface area contributed by atoms with Crippen LogP contribution in [0.3, 0.4) is 0 Å². The molecule has 0 aliphatic carbocycles. The van der Waals surface area contributed by atoms with Gasteiger partial charge in [0, 0.05) is 11.3 Å². The Labute approximate surface area is 140 Å². The maximum Gasteiger partial charge on any atom is 0.248 e. The second kappa shape index (κ2) is 6.62. The number of anilines is 1. The lowest BCUT2D eigenvalue weighted by Crippen LogP contribution is -2.21. The quantitative estimate of drug-likeness (QED) is 0.802. The molecule has 0 saturated heterocycles. The maximum absolute atomic E-state index is 12.2. The Balaban J connectivity index is 1.70. The molecule has 3 rings (SSSR count). The molecule has 0 spiro atoms. The van der Waals surface area contributed by atoms with Crippen molar-refractivity contribution in [1.82, 2.24) is 20.2 Å². The van der Waals surface area contributed by atoms with Gasteiger partial charge in [0.05, 0.1) is 0 Å². The van der Waals surface area contributed by atoms with Gasteiger partial charge in [-0.1, -0.05) is 42.0 Å². The van der Waals surface area contributed by atoms with Crippen molar-refractivity contribution >= 4 is 11.6 Å². The summed E-state index contributed by atoms with van der Waals surface area (Å²) in [4.78, 5) is 13.5. The van der Waals surface area contributed by atoms with E-state index in [2.05, 4.69) is 20.7 Å². The second-order valence-corrected chi connectivity index (χ2v) is 5.82. The molecule has 0 aliphatic heterocycles. The Kier molecular flexibility index (Phi) is 4.37. The molecule has 1 amide bonds. The van der Waals surface area contributed by atoms with Crippen LogP contribution in [0.5, 0.6) is 0 Å². The van der Waals surface area contributed by atoms with E-state index in [0.29, 0.717) is 5.82 Å². The van der Waals surface area contributed by atoms with Gasteiger partial charge in [-0.15, -0.1) is 10.2 Å². The molecule has 1 aromatic heterocycles. The molecule has 1 heterocycles. The van der Waals surface area contributed by atoms with E-state index in [1.54, 1.807) is 0 Å². The number of carbonyl (C=O) groups excluding carboxylic acids is 1. The highest BCUT2D eigenvalue weighted by atomic mass is 16.2. The fourth-order valence-electron chi connectivity index (χ4n) is 2.51. The van der Waals surface area contributed by atoms with Crippen LogP contribution in [0.2, 0.25) is 0 Å². The SMILES string of the molecule is Cc1ccc(NC(=O)Cn2nnc(-c3ccccc3C)n2)c(C)c1. The number of aryl methyl sites for hydroxylation is 3. The summed E-state index contributed by atoms with van der Waals surface area (Å²) in [7, 11) is 0. The van der Waals surface area contributed by atoms with Crippen molar-refractivity contribution in [3.8, 4) is 11.4 Å². The maximum atomic E-state index is 12.2. The van der Waals surface area contributed by atoms with Gasteiger partial charge in [-0.3, -0.25) is 4.79 Å². The topological polar surface area (TPSA) is 72.7 Å². The molecule has 0 radical (unpaired) electrons. The molecular formula is C18H19N5O. The third kappa shape index (κ3) is 3.48. The first kappa shape index (κ1) is 15.9. The third-order valence-electron chi connectivity index (χ3n) is 3.78. The average Bonchev–Trinajstić information content (AvgIpc) is 2.99. The third-order valence-corrected chi connectivity index (χ3v) is 3.78. The van der Waals surface area contributed by atoms with Crippen LogP contribution in [0.25, 0.3) is 11.4 Å². The molecule has 6 nitrogen and oxygen atoms in total. The highest BCUT2D eigenvalue weighted by Crippen LogP contribution is 2.18. The highest BCUT2D eigenvalue weighted by Gasteiger charge is 2.11. The first-order valence-corrected chi connectivity index (χ1v) is 7.74. The molecule has 6 heteroatoms. The van der Waals surface area contributed by atoms with Crippen LogP contribution in [0.4, 0.5) is 5.69 Å². The summed E-state index contributed by atoms with van der Waals surface area (Å²) in [6, 6.07) is 13.7. The molecule has 0 atom stereocenters. The molecule has 1 N–H and O–H groups in total. The molecule has 0 aliphatic rings. The van der Waals surface area contributed by atoms with Crippen LogP contribution in [0.15, 0.2) is 42.5 Å². The molecule has 2 aromatic carbocycles. The van der Waals surface area contributed by atoms with E-state index in [9.17, 15) is 4.79 Å². The highest BCUT2D eigenvalue weighted by molar-refractivity contribution is 5.91. The zero-order valence-electron chi connectivity index (χ0n) is 13.9. The first-order valence-electron chi connectivity index (χ1n) is 7.74. The summed E-state index contributed by atoms with van der Waals surface area (Å²) >= 11 is 0. The molecule has 0 bridgehead atoms. The summed E-state index contributed by atoms with van der Waals surface area (Å²) in [5.41, 5.74) is 4.96. The lowest BCUT2D eigenvalue weighted by atomic mass is 10.1. The minimum Gasteiger partial charge on any atom is -0.324 e. The van der Waals surface area contributed by atoms with Crippen LogP contribution in [-0.2, 0) is 11.3 Å². The molecule has 122 valence electrons. The summed E-state index contributed by atoms with van der Waals surface area (Å²) in [5, 5.41) is 15.2. The summed E-state index contributed by atoms with van der Waals surface area (Å²) < 4.78 is 0. The van der Waals surface area contributed by atoms with E-state index in [1.807, 2.05) is 63.2 Å². The molecule has 0 saturated carbocycles. The van der Waals surface area contributed by atoms with Crippen molar-refractivity contribution in [2.24, 2.45) is 0 Å². The summed E-state index contributed by atoms with van der Waals surface area (Å²) in [5.74, 6) is 0.336. The van der Waals surface area contributed by atoms with Gasteiger partial charge in [-0.05, 0) is 43.2 Å². The van der Waals surface area contributed by atoms with Gasteiger partial charge in [-0.25, -0.2) is 0 Å². The van der Waals surface area contributed by atoms with Crippen LogP contribution in [0, 0.1) is 20.8 Å². The van der Waals surface area contributed by atoms with Crippen molar-refractivity contribution in [2.45, 2.75) is 27.3 Å². The molecule has 0 unspecified atom stereocenters. The number of rotatable bonds is 4. The number of carbonyl (C=O) groups is 1.